The van der Waals surface area contributed by atoms with Crippen LogP contribution in [0.2, 0.25) is 0 Å². The molecule has 2 bridgehead atoms. The fourth-order valence-electron chi connectivity index (χ4n) is 5.33. The minimum atomic E-state index is 0.809. The molecular weight excluding hydrogens is 256 g/mol. The van der Waals surface area contributed by atoms with E-state index in [0.29, 0.717) is 0 Å². The van der Waals surface area contributed by atoms with E-state index in [4.69, 9.17) is 0 Å². The van der Waals surface area contributed by atoms with Crippen molar-refractivity contribution in [3.05, 3.63) is 0 Å². The van der Waals surface area contributed by atoms with Gasteiger partial charge in [-0.2, -0.15) is 0 Å². The van der Waals surface area contributed by atoms with E-state index in [1.807, 2.05) is 0 Å². The predicted octanol–water partition coefficient (Wildman–Crippen LogP) is 4.34. The van der Waals surface area contributed by atoms with Crippen molar-refractivity contribution >= 4 is 0 Å². The Bertz CT molecular complexity index is 303. The molecule has 3 rings (SSSR count). The van der Waals surface area contributed by atoms with Gasteiger partial charge in [0.1, 0.15) is 0 Å². The molecule has 0 aromatic rings. The Kier molecular flexibility index (Phi) is 5.61. The first-order chi connectivity index (χ1) is 10.3. The largest absolute Gasteiger partial charge is 0.311 e. The van der Waals surface area contributed by atoms with Gasteiger partial charge in [0.25, 0.3) is 0 Å². The van der Waals surface area contributed by atoms with E-state index >= 15 is 0 Å². The maximum atomic E-state index is 4.08. The van der Waals surface area contributed by atoms with Gasteiger partial charge in [-0.15, -0.1) is 0 Å². The molecule has 0 aromatic heterocycles. The second-order valence-electron chi connectivity index (χ2n) is 8.10. The summed E-state index contributed by atoms with van der Waals surface area (Å²) in [7, 11) is 2.37. The molecule has 3 fully saturated rings. The summed E-state index contributed by atoms with van der Waals surface area (Å²) >= 11 is 0. The molecule has 0 amide bonds. The summed E-state index contributed by atoms with van der Waals surface area (Å²) in [5.41, 5.74) is 0. The van der Waals surface area contributed by atoms with Gasteiger partial charge in [0.15, 0.2) is 0 Å². The van der Waals surface area contributed by atoms with Crippen LogP contribution in [0.15, 0.2) is 0 Å². The molecule has 4 unspecified atom stereocenters. The SMILES string of the molecule is CCCC1CCCC(NC2CC3CCCC(C2)N3C)CC1. The highest BCUT2D eigenvalue weighted by Crippen LogP contribution is 2.34. The molecule has 2 aliphatic heterocycles. The summed E-state index contributed by atoms with van der Waals surface area (Å²) in [6, 6.07) is 3.37. The highest BCUT2D eigenvalue weighted by atomic mass is 15.2. The summed E-state index contributed by atoms with van der Waals surface area (Å²) < 4.78 is 0. The number of nitrogens with one attached hydrogen (secondary N) is 1. The lowest BCUT2D eigenvalue weighted by atomic mass is 9.82. The molecule has 2 heteroatoms. The van der Waals surface area contributed by atoms with Crippen LogP contribution in [-0.4, -0.2) is 36.1 Å². The standard InChI is InChI=1S/C19H36N2/c1-3-6-15-7-4-8-16(12-11-15)20-17-13-18-9-5-10-19(14-17)21(18)2/h15-20H,3-14H2,1-2H3. The van der Waals surface area contributed by atoms with Gasteiger partial charge in [0.2, 0.25) is 0 Å². The Morgan fingerprint density at radius 3 is 2.29 bits per heavy atom. The Morgan fingerprint density at radius 1 is 0.857 bits per heavy atom. The minimum absolute atomic E-state index is 0.809. The first-order valence-corrected chi connectivity index (χ1v) is 9.74. The third kappa shape index (κ3) is 4.01. The van der Waals surface area contributed by atoms with Gasteiger partial charge in [0, 0.05) is 24.2 Å². The summed E-state index contributed by atoms with van der Waals surface area (Å²) in [5, 5.41) is 4.08. The van der Waals surface area contributed by atoms with Crippen LogP contribution in [0.4, 0.5) is 0 Å². The van der Waals surface area contributed by atoms with Crippen molar-refractivity contribution in [2.24, 2.45) is 5.92 Å². The van der Waals surface area contributed by atoms with Gasteiger partial charge in [-0.1, -0.05) is 39.0 Å². The first kappa shape index (κ1) is 15.8. The molecule has 0 radical (unpaired) electrons. The smallest absolute Gasteiger partial charge is 0.0110 e. The number of fused-ring (bicyclic) bond motifs is 2. The van der Waals surface area contributed by atoms with Crippen LogP contribution in [0.1, 0.15) is 84.0 Å². The Balaban J connectivity index is 1.48. The number of hydrogen-bond acceptors (Lipinski definition) is 2. The summed E-state index contributed by atoms with van der Waals surface area (Å²) in [4.78, 5) is 2.69. The van der Waals surface area contributed by atoms with Crippen LogP contribution >= 0.6 is 0 Å². The minimum Gasteiger partial charge on any atom is -0.311 e. The summed E-state index contributed by atoms with van der Waals surface area (Å²) in [6.07, 6.45) is 17.3. The zero-order valence-corrected chi connectivity index (χ0v) is 14.3. The van der Waals surface area contributed by atoms with Crippen LogP contribution in [0.3, 0.4) is 0 Å². The monoisotopic (exact) mass is 292 g/mol. The molecule has 0 spiro atoms. The van der Waals surface area contributed by atoms with Crippen LogP contribution < -0.4 is 5.32 Å². The Labute approximate surface area is 132 Å². The highest BCUT2D eigenvalue weighted by Gasteiger charge is 2.36. The molecule has 2 nitrogen and oxygen atoms in total. The zero-order chi connectivity index (χ0) is 14.7. The van der Waals surface area contributed by atoms with Crippen molar-refractivity contribution in [1.82, 2.24) is 10.2 Å². The van der Waals surface area contributed by atoms with Crippen molar-refractivity contribution < 1.29 is 0 Å². The molecule has 1 N–H and O–H groups in total. The van der Waals surface area contributed by atoms with E-state index in [-0.39, 0.29) is 0 Å². The first-order valence-electron chi connectivity index (χ1n) is 9.74. The average molecular weight is 293 g/mol. The molecule has 4 atom stereocenters. The van der Waals surface area contributed by atoms with Crippen LogP contribution in [0.5, 0.6) is 0 Å². The topological polar surface area (TPSA) is 15.3 Å². The molecule has 122 valence electrons. The zero-order valence-electron chi connectivity index (χ0n) is 14.3. The molecule has 1 saturated carbocycles. The van der Waals surface area contributed by atoms with E-state index in [9.17, 15) is 0 Å². The molecule has 0 aromatic carbocycles. The van der Waals surface area contributed by atoms with Gasteiger partial charge in [-0.05, 0) is 57.9 Å². The number of rotatable bonds is 4. The quantitative estimate of drug-likeness (QED) is 0.775. The summed E-state index contributed by atoms with van der Waals surface area (Å²) in [6.45, 7) is 2.35. The van der Waals surface area contributed by atoms with Crippen LogP contribution in [0, 0.1) is 5.92 Å². The lowest BCUT2D eigenvalue weighted by molar-refractivity contribution is 0.0452. The molecule has 3 aliphatic rings. The van der Waals surface area contributed by atoms with Crippen LogP contribution in [0.25, 0.3) is 0 Å². The van der Waals surface area contributed by atoms with E-state index in [1.165, 1.54) is 77.0 Å². The summed E-state index contributed by atoms with van der Waals surface area (Å²) in [5.74, 6) is 1.03. The fourth-order valence-corrected chi connectivity index (χ4v) is 5.33. The van der Waals surface area contributed by atoms with E-state index in [2.05, 4.69) is 24.2 Å². The van der Waals surface area contributed by atoms with E-state index in [1.54, 1.807) is 0 Å². The molecule has 2 heterocycles. The fraction of sp³-hybridized carbons (Fsp3) is 1.00. The van der Waals surface area contributed by atoms with Gasteiger partial charge in [-0.25, -0.2) is 0 Å². The second-order valence-corrected chi connectivity index (χ2v) is 8.10. The average Bonchev–Trinajstić information content (AvgIpc) is 2.66. The Morgan fingerprint density at radius 2 is 1.57 bits per heavy atom. The molecule has 21 heavy (non-hydrogen) atoms. The van der Waals surface area contributed by atoms with Gasteiger partial charge >= 0.3 is 0 Å². The van der Waals surface area contributed by atoms with Gasteiger partial charge in [0.05, 0.1) is 0 Å². The van der Waals surface area contributed by atoms with E-state index < -0.39 is 0 Å². The number of piperidine rings is 2. The van der Waals surface area contributed by atoms with Crippen molar-refractivity contribution in [1.29, 1.82) is 0 Å². The number of hydrogen-bond donors (Lipinski definition) is 1. The maximum absolute atomic E-state index is 4.08. The third-order valence-corrected chi connectivity index (χ3v) is 6.60. The van der Waals surface area contributed by atoms with E-state index in [0.717, 1.165) is 30.1 Å². The van der Waals surface area contributed by atoms with Gasteiger partial charge in [-0.3, -0.25) is 0 Å². The lowest BCUT2D eigenvalue weighted by Gasteiger charge is -2.48. The van der Waals surface area contributed by atoms with Gasteiger partial charge < -0.3 is 10.2 Å². The van der Waals surface area contributed by atoms with Crippen molar-refractivity contribution in [2.75, 3.05) is 7.05 Å². The van der Waals surface area contributed by atoms with Crippen molar-refractivity contribution in [3.63, 3.8) is 0 Å². The van der Waals surface area contributed by atoms with Crippen molar-refractivity contribution in [3.8, 4) is 0 Å². The third-order valence-electron chi connectivity index (χ3n) is 6.60. The lowest BCUT2D eigenvalue weighted by Crippen LogP contribution is -2.55. The predicted molar refractivity (Wildman–Crippen MR) is 90.6 cm³/mol. The molecular formula is C19H36N2. The highest BCUT2D eigenvalue weighted by molar-refractivity contribution is 4.94. The van der Waals surface area contributed by atoms with Crippen molar-refractivity contribution in [2.45, 2.75) is 108 Å². The normalized spacial score (nSPS) is 41.7. The molecule has 1 aliphatic carbocycles. The number of nitrogens with zero attached hydrogens (tertiary/aromatic N) is 1. The second kappa shape index (κ2) is 7.46. The maximum Gasteiger partial charge on any atom is 0.0110 e. The Hall–Kier alpha value is -0.0800. The van der Waals surface area contributed by atoms with Crippen LogP contribution in [-0.2, 0) is 0 Å². The molecule has 2 saturated heterocycles.